The molecule has 0 atom stereocenters. The summed E-state index contributed by atoms with van der Waals surface area (Å²) < 4.78 is 0. The van der Waals surface area contributed by atoms with Crippen molar-refractivity contribution in [1.29, 1.82) is 0 Å². The van der Waals surface area contributed by atoms with E-state index < -0.39 is 0 Å². The first-order valence-electron chi connectivity index (χ1n) is 7.13. The van der Waals surface area contributed by atoms with Crippen molar-refractivity contribution in [2.45, 2.75) is 52.0 Å². The average Bonchev–Trinajstić information content (AvgIpc) is 3.11. The van der Waals surface area contributed by atoms with E-state index in [0.717, 1.165) is 12.0 Å². The molecule has 1 aromatic rings. The Morgan fingerprint density at radius 2 is 2.12 bits per heavy atom. The van der Waals surface area contributed by atoms with Gasteiger partial charge in [-0.25, -0.2) is 0 Å². The number of fused-ring (bicyclic) bond motifs is 1. The molecule has 0 N–H and O–H groups in total. The Balaban J connectivity index is 1.98. The standard InChI is InChI=1S/C16H23N/c1-12(2)11-14-6-3-5-13-7-4-10-17(16(13)14)15-8-9-15/h3,5-6,12,15H,4,7-11H2,1-2H3. The summed E-state index contributed by atoms with van der Waals surface area (Å²) in [6, 6.07) is 7.81. The molecule has 1 nitrogen and oxygen atoms in total. The van der Waals surface area contributed by atoms with Crippen LogP contribution < -0.4 is 4.90 Å². The molecule has 0 amide bonds. The van der Waals surface area contributed by atoms with Crippen molar-refractivity contribution in [3.05, 3.63) is 29.3 Å². The van der Waals surface area contributed by atoms with Gasteiger partial charge in [0, 0.05) is 18.3 Å². The fourth-order valence-electron chi connectivity index (χ4n) is 3.12. The van der Waals surface area contributed by atoms with Crippen molar-refractivity contribution in [1.82, 2.24) is 0 Å². The van der Waals surface area contributed by atoms with Crippen LogP contribution in [0.25, 0.3) is 0 Å². The molecule has 17 heavy (non-hydrogen) atoms. The van der Waals surface area contributed by atoms with E-state index >= 15 is 0 Å². The van der Waals surface area contributed by atoms with E-state index in [-0.39, 0.29) is 0 Å². The molecule has 1 aliphatic heterocycles. The molecule has 0 unspecified atom stereocenters. The van der Waals surface area contributed by atoms with Gasteiger partial charge in [0.15, 0.2) is 0 Å². The first-order chi connectivity index (χ1) is 8.25. The van der Waals surface area contributed by atoms with Gasteiger partial charge in [0.1, 0.15) is 0 Å². The molecular weight excluding hydrogens is 206 g/mol. The molecule has 1 heterocycles. The number of benzene rings is 1. The number of para-hydroxylation sites is 1. The van der Waals surface area contributed by atoms with Crippen molar-refractivity contribution < 1.29 is 0 Å². The van der Waals surface area contributed by atoms with Gasteiger partial charge >= 0.3 is 0 Å². The van der Waals surface area contributed by atoms with Gasteiger partial charge in [-0.05, 0) is 49.1 Å². The molecule has 0 aromatic heterocycles. The van der Waals surface area contributed by atoms with Gasteiger partial charge in [-0.1, -0.05) is 32.0 Å². The van der Waals surface area contributed by atoms with E-state index in [2.05, 4.69) is 36.9 Å². The van der Waals surface area contributed by atoms with E-state index in [1.807, 2.05) is 0 Å². The fourth-order valence-corrected chi connectivity index (χ4v) is 3.12. The van der Waals surface area contributed by atoms with Crippen LogP contribution in [0.2, 0.25) is 0 Å². The lowest BCUT2D eigenvalue weighted by molar-refractivity contribution is 0.632. The maximum absolute atomic E-state index is 2.70. The lowest BCUT2D eigenvalue weighted by Crippen LogP contribution is -2.32. The maximum atomic E-state index is 2.70. The zero-order chi connectivity index (χ0) is 11.8. The summed E-state index contributed by atoms with van der Waals surface area (Å²) in [7, 11) is 0. The molecule has 0 bridgehead atoms. The Hall–Kier alpha value is -0.980. The minimum absolute atomic E-state index is 0.754. The molecule has 1 aliphatic carbocycles. The molecule has 2 aliphatic rings. The molecule has 92 valence electrons. The van der Waals surface area contributed by atoms with E-state index in [1.54, 1.807) is 16.8 Å². The summed E-state index contributed by atoms with van der Waals surface area (Å²) in [5.41, 5.74) is 4.79. The summed E-state index contributed by atoms with van der Waals surface area (Å²) in [5.74, 6) is 0.754. The van der Waals surface area contributed by atoms with Gasteiger partial charge in [-0.3, -0.25) is 0 Å². The molecule has 1 aromatic carbocycles. The topological polar surface area (TPSA) is 3.24 Å². The normalized spacial score (nSPS) is 19.6. The third-order valence-corrected chi connectivity index (χ3v) is 3.95. The highest BCUT2D eigenvalue weighted by atomic mass is 15.2. The first-order valence-corrected chi connectivity index (χ1v) is 7.13. The van der Waals surface area contributed by atoms with Crippen molar-refractivity contribution in [3.8, 4) is 0 Å². The summed E-state index contributed by atoms with van der Waals surface area (Å²) in [6.45, 7) is 5.93. The van der Waals surface area contributed by atoms with Crippen LogP contribution in [0.3, 0.4) is 0 Å². The van der Waals surface area contributed by atoms with Crippen molar-refractivity contribution in [2.75, 3.05) is 11.4 Å². The Morgan fingerprint density at radius 3 is 2.82 bits per heavy atom. The highest BCUT2D eigenvalue weighted by Gasteiger charge is 2.33. The summed E-state index contributed by atoms with van der Waals surface area (Å²) in [4.78, 5) is 2.70. The van der Waals surface area contributed by atoms with Crippen LogP contribution in [0.4, 0.5) is 5.69 Å². The quantitative estimate of drug-likeness (QED) is 0.762. The predicted octanol–water partition coefficient (Wildman–Crippen LogP) is 3.80. The highest BCUT2D eigenvalue weighted by molar-refractivity contribution is 5.62. The SMILES string of the molecule is CC(C)Cc1cccc2c1N(C1CC1)CCC2. The van der Waals surface area contributed by atoms with Gasteiger partial charge < -0.3 is 4.90 Å². The van der Waals surface area contributed by atoms with Crippen molar-refractivity contribution in [3.63, 3.8) is 0 Å². The molecule has 1 fully saturated rings. The second kappa shape index (κ2) is 4.36. The largest absolute Gasteiger partial charge is 0.368 e. The van der Waals surface area contributed by atoms with Crippen molar-refractivity contribution >= 4 is 5.69 Å². The predicted molar refractivity (Wildman–Crippen MR) is 73.7 cm³/mol. The van der Waals surface area contributed by atoms with Gasteiger partial charge in [0.05, 0.1) is 0 Å². The maximum Gasteiger partial charge on any atom is 0.0433 e. The van der Waals surface area contributed by atoms with E-state index in [1.165, 1.54) is 38.6 Å². The molecular formula is C16H23N. The minimum atomic E-state index is 0.754. The van der Waals surface area contributed by atoms with Gasteiger partial charge in [0.2, 0.25) is 0 Å². The number of aryl methyl sites for hydroxylation is 1. The third kappa shape index (κ3) is 2.20. The summed E-state index contributed by atoms with van der Waals surface area (Å²) in [6.07, 6.45) is 6.68. The summed E-state index contributed by atoms with van der Waals surface area (Å²) >= 11 is 0. The summed E-state index contributed by atoms with van der Waals surface area (Å²) in [5, 5.41) is 0. The van der Waals surface area contributed by atoms with Crippen LogP contribution in [0.15, 0.2) is 18.2 Å². The lowest BCUT2D eigenvalue weighted by Gasteiger charge is -2.34. The molecule has 3 rings (SSSR count). The van der Waals surface area contributed by atoms with Gasteiger partial charge in [0.25, 0.3) is 0 Å². The Bertz CT molecular complexity index is 404. The highest BCUT2D eigenvalue weighted by Crippen LogP contribution is 2.39. The Kier molecular flexibility index (Phi) is 2.85. The van der Waals surface area contributed by atoms with Crippen LogP contribution in [0, 0.1) is 5.92 Å². The molecule has 0 spiro atoms. The minimum Gasteiger partial charge on any atom is -0.368 e. The molecule has 1 heteroatoms. The third-order valence-electron chi connectivity index (χ3n) is 3.95. The zero-order valence-electron chi connectivity index (χ0n) is 11.1. The van der Waals surface area contributed by atoms with Gasteiger partial charge in [-0.2, -0.15) is 0 Å². The average molecular weight is 229 g/mol. The van der Waals surface area contributed by atoms with E-state index in [9.17, 15) is 0 Å². The smallest absolute Gasteiger partial charge is 0.0433 e. The van der Waals surface area contributed by atoms with Crippen LogP contribution in [-0.2, 0) is 12.8 Å². The number of hydrogen-bond donors (Lipinski definition) is 0. The van der Waals surface area contributed by atoms with Crippen LogP contribution >= 0.6 is 0 Å². The zero-order valence-corrected chi connectivity index (χ0v) is 11.1. The number of anilines is 1. The molecule has 1 saturated carbocycles. The van der Waals surface area contributed by atoms with E-state index in [0.29, 0.717) is 0 Å². The van der Waals surface area contributed by atoms with Crippen LogP contribution in [0.5, 0.6) is 0 Å². The Labute approximate surface area is 105 Å². The number of hydrogen-bond acceptors (Lipinski definition) is 1. The Morgan fingerprint density at radius 1 is 1.29 bits per heavy atom. The monoisotopic (exact) mass is 229 g/mol. The van der Waals surface area contributed by atoms with Crippen molar-refractivity contribution in [2.24, 2.45) is 5.92 Å². The molecule has 0 radical (unpaired) electrons. The first kappa shape index (κ1) is 11.1. The second-order valence-electron chi connectivity index (χ2n) is 6.05. The molecule has 0 saturated heterocycles. The fraction of sp³-hybridized carbons (Fsp3) is 0.625. The van der Waals surface area contributed by atoms with Gasteiger partial charge in [-0.15, -0.1) is 0 Å². The van der Waals surface area contributed by atoms with Crippen LogP contribution in [-0.4, -0.2) is 12.6 Å². The number of rotatable bonds is 3. The van der Waals surface area contributed by atoms with Crippen LogP contribution in [0.1, 0.15) is 44.2 Å². The second-order valence-corrected chi connectivity index (χ2v) is 6.05. The lowest BCUT2D eigenvalue weighted by atomic mass is 9.93. The van der Waals surface area contributed by atoms with E-state index in [4.69, 9.17) is 0 Å². The number of nitrogens with zero attached hydrogens (tertiary/aromatic N) is 1.